The fraction of sp³-hybridized carbons (Fsp3) is 0.600. The van der Waals surface area contributed by atoms with Crippen LogP contribution in [0.15, 0.2) is 12.4 Å². The van der Waals surface area contributed by atoms with Crippen molar-refractivity contribution in [3.05, 3.63) is 18.0 Å². The molecule has 68 valence electrons. The molecule has 1 aliphatic rings. The van der Waals surface area contributed by atoms with E-state index in [1.807, 2.05) is 17.1 Å². The molecular weight excluding hydrogens is 162 g/mol. The van der Waals surface area contributed by atoms with E-state index in [2.05, 4.69) is 25.0 Å². The van der Waals surface area contributed by atoms with Crippen LogP contribution in [0.2, 0.25) is 0 Å². The summed E-state index contributed by atoms with van der Waals surface area (Å²) < 4.78 is 1.82. The van der Waals surface area contributed by atoms with E-state index in [9.17, 15) is 0 Å². The Morgan fingerprint density at radius 3 is 2.69 bits per heavy atom. The van der Waals surface area contributed by atoms with E-state index in [1.165, 1.54) is 5.56 Å². The van der Waals surface area contributed by atoms with Gasteiger partial charge in [0.1, 0.15) is 5.54 Å². The second kappa shape index (κ2) is 2.59. The van der Waals surface area contributed by atoms with Crippen LogP contribution in [-0.4, -0.2) is 9.78 Å². The van der Waals surface area contributed by atoms with Crippen molar-refractivity contribution >= 4 is 0 Å². The predicted octanol–water partition coefficient (Wildman–Crippen LogP) is 2.02. The lowest BCUT2D eigenvalue weighted by atomic mass is 10.1. The van der Waals surface area contributed by atoms with Gasteiger partial charge in [0, 0.05) is 6.20 Å². The normalized spacial score (nSPS) is 18.6. The van der Waals surface area contributed by atoms with E-state index in [1.54, 1.807) is 0 Å². The molecule has 1 heterocycles. The van der Waals surface area contributed by atoms with Gasteiger partial charge in [0.15, 0.2) is 0 Å². The molecule has 0 aliphatic heterocycles. The molecule has 13 heavy (non-hydrogen) atoms. The van der Waals surface area contributed by atoms with Crippen molar-refractivity contribution in [2.45, 2.75) is 38.1 Å². The molecule has 0 unspecified atom stereocenters. The third-order valence-electron chi connectivity index (χ3n) is 2.64. The zero-order chi connectivity index (χ0) is 9.47. The first-order chi connectivity index (χ1) is 6.18. The second-order valence-corrected chi connectivity index (χ2v) is 4.02. The summed E-state index contributed by atoms with van der Waals surface area (Å²) in [7, 11) is 0. The molecule has 0 spiro atoms. The minimum Gasteiger partial charge on any atom is -0.252 e. The Hall–Kier alpha value is -1.30. The minimum atomic E-state index is -0.298. The summed E-state index contributed by atoms with van der Waals surface area (Å²) in [5, 5.41) is 13.2. The van der Waals surface area contributed by atoms with Gasteiger partial charge in [0.05, 0.1) is 12.3 Å². The van der Waals surface area contributed by atoms with Gasteiger partial charge in [-0.15, -0.1) is 0 Å². The van der Waals surface area contributed by atoms with Gasteiger partial charge in [0.25, 0.3) is 0 Å². The van der Waals surface area contributed by atoms with Crippen molar-refractivity contribution in [2.75, 3.05) is 0 Å². The summed E-state index contributed by atoms with van der Waals surface area (Å²) in [6.07, 6.45) is 5.76. The Morgan fingerprint density at radius 1 is 1.62 bits per heavy atom. The molecule has 3 heteroatoms. The molecule has 1 saturated carbocycles. The van der Waals surface area contributed by atoms with E-state index in [4.69, 9.17) is 5.26 Å². The summed E-state index contributed by atoms with van der Waals surface area (Å²) in [6, 6.07) is 2.32. The van der Waals surface area contributed by atoms with Gasteiger partial charge in [-0.1, -0.05) is 13.8 Å². The highest BCUT2D eigenvalue weighted by atomic mass is 15.3. The molecule has 3 nitrogen and oxygen atoms in total. The zero-order valence-corrected chi connectivity index (χ0v) is 7.99. The van der Waals surface area contributed by atoms with Crippen LogP contribution < -0.4 is 0 Å². The minimum absolute atomic E-state index is 0.298. The molecule has 2 rings (SSSR count). The number of hydrogen-bond acceptors (Lipinski definition) is 2. The summed E-state index contributed by atoms with van der Waals surface area (Å²) in [5.41, 5.74) is 0.911. The number of nitriles is 1. The van der Waals surface area contributed by atoms with E-state index >= 15 is 0 Å². The van der Waals surface area contributed by atoms with E-state index in [0.717, 1.165) is 12.8 Å². The molecule has 0 bridgehead atoms. The molecule has 0 amide bonds. The zero-order valence-electron chi connectivity index (χ0n) is 7.99. The summed E-state index contributed by atoms with van der Waals surface area (Å²) in [6.45, 7) is 4.26. The number of aromatic nitrogens is 2. The van der Waals surface area contributed by atoms with Gasteiger partial charge in [0.2, 0.25) is 0 Å². The molecule has 0 N–H and O–H groups in total. The third-order valence-corrected chi connectivity index (χ3v) is 2.64. The molecule has 0 aromatic carbocycles. The summed E-state index contributed by atoms with van der Waals surface area (Å²) in [4.78, 5) is 0. The van der Waals surface area contributed by atoms with Gasteiger partial charge < -0.3 is 0 Å². The third kappa shape index (κ3) is 1.23. The van der Waals surface area contributed by atoms with Crippen molar-refractivity contribution in [3.63, 3.8) is 0 Å². The molecule has 0 radical (unpaired) electrons. The van der Waals surface area contributed by atoms with Crippen LogP contribution in [0.3, 0.4) is 0 Å². The first kappa shape index (κ1) is 8.31. The maximum atomic E-state index is 8.95. The predicted molar refractivity (Wildman–Crippen MR) is 49.1 cm³/mol. The van der Waals surface area contributed by atoms with Crippen LogP contribution >= 0.6 is 0 Å². The molecule has 0 atom stereocenters. The fourth-order valence-corrected chi connectivity index (χ4v) is 1.38. The lowest BCUT2D eigenvalue weighted by Gasteiger charge is -2.04. The standard InChI is InChI=1S/C10H13N3/c1-8(2)9-5-12-13(6-9)10(7-11)3-4-10/h5-6,8H,3-4H2,1-2H3. The van der Waals surface area contributed by atoms with Crippen molar-refractivity contribution in [1.29, 1.82) is 5.26 Å². The highest BCUT2D eigenvalue weighted by Crippen LogP contribution is 2.42. The highest BCUT2D eigenvalue weighted by molar-refractivity contribution is 5.19. The van der Waals surface area contributed by atoms with Gasteiger partial charge in [-0.25, -0.2) is 0 Å². The number of nitrogens with zero attached hydrogens (tertiary/aromatic N) is 3. The molecular formula is C10H13N3. The van der Waals surface area contributed by atoms with Gasteiger partial charge in [-0.2, -0.15) is 10.4 Å². The smallest absolute Gasteiger partial charge is 0.149 e. The van der Waals surface area contributed by atoms with Gasteiger partial charge in [-0.05, 0) is 24.3 Å². The number of hydrogen-bond donors (Lipinski definition) is 0. The second-order valence-electron chi connectivity index (χ2n) is 4.02. The van der Waals surface area contributed by atoms with Crippen LogP contribution in [0.1, 0.15) is 38.2 Å². The van der Waals surface area contributed by atoms with Crippen LogP contribution in [0.25, 0.3) is 0 Å². The largest absolute Gasteiger partial charge is 0.252 e. The van der Waals surface area contributed by atoms with Crippen LogP contribution in [0.5, 0.6) is 0 Å². The Morgan fingerprint density at radius 2 is 2.31 bits per heavy atom. The molecule has 1 aromatic heterocycles. The maximum Gasteiger partial charge on any atom is 0.149 e. The molecule has 1 fully saturated rings. The molecule has 1 aliphatic carbocycles. The van der Waals surface area contributed by atoms with Gasteiger partial charge >= 0.3 is 0 Å². The average Bonchev–Trinajstić information content (AvgIpc) is 2.75. The Labute approximate surface area is 78.0 Å². The van der Waals surface area contributed by atoms with E-state index in [0.29, 0.717) is 5.92 Å². The SMILES string of the molecule is CC(C)c1cnn(C2(C#N)CC2)c1. The monoisotopic (exact) mass is 175 g/mol. The van der Waals surface area contributed by atoms with E-state index < -0.39 is 0 Å². The maximum absolute atomic E-state index is 8.95. The lowest BCUT2D eigenvalue weighted by Crippen LogP contribution is -2.14. The fourth-order valence-electron chi connectivity index (χ4n) is 1.38. The quantitative estimate of drug-likeness (QED) is 0.690. The molecule has 0 saturated heterocycles. The Kier molecular flexibility index (Phi) is 1.66. The van der Waals surface area contributed by atoms with Crippen molar-refractivity contribution < 1.29 is 0 Å². The topological polar surface area (TPSA) is 41.6 Å². The average molecular weight is 175 g/mol. The lowest BCUT2D eigenvalue weighted by molar-refractivity contribution is 0.535. The summed E-state index contributed by atoms with van der Waals surface area (Å²) in [5.74, 6) is 0.489. The Balaban J connectivity index is 2.29. The van der Waals surface area contributed by atoms with Crippen LogP contribution in [0, 0.1) is 11.3 Å². The summed E-state index contributed by atoms with van der Waals surface area (Å²) >= 11 is 0. The Bertz CT molecular complexity index is 352. The highest BCUT2D eigenvalue weighted by Gasteiger charge is 2.46. The van der Waals surface area contributed by atoms with Crippen molar-refractivity contribution in [3.8, 4) is 6.07 Å². The van der Waals surface area contributed by atoms with Gasteiger partial charge in [-0.3, -0.25) is 4.68 Å². The first-order valence-electron chi connectivity index (χ1n) is 4.64. The first-order valence-corrected chi connectivity index (χ1v) is 4.64. The van der Waals surface area contributed by atoms with Crippen LogP contribution in [0.4, 0.5) is 0 Å². The van der Waals surface area contributed by atoms with Crippen molar-refractivity contribution in [2.24, 2.45) is 0 Å². The van der Waals surface area contributed by atoms with Crippen molar-refractivity contribution in [1.82, 2.24) is 9.78 Å². The van der Waals surface area contributed by atoms with E-state index in [-0.39, 0.29) is 5.54 Å². The molecule has 1 aromatic rings. The number of rotatable bonds is 2. The van der Waals surface area contributed by atoms with Crippen LogP contribution in [-0.2, 0) is 5.54 Å².